The number of carboxylic acids is 1. The van der Waals surface area contributed by atoms with Crippen molar-refractivity contribution in [1.82, 2.24) is 0 Å². The molecule has 4 nitrogen and oxygen atoms in total. The average molecular weight is 326 g/mol. The first kappa shape index (κ1) is 14.5. The summed E-state index contributed by atoms with van der Waals surface area (Å²) in [5, 5.41) is 9.16. The maximum atomic E-state index is 13.0. The Morgan fingerprint density at radius 3 is 2.43 bits per heavy atom. The van der Waals surface area contributed by atoms with E-state index in [9.17, 15) is 14.1 Å². The molecule has 0 saturated heterocycles. The first-order valence-electron chi connectivity index (χ1n) is 7.51. The summed E-state index contributed by atoms with van der Waals surface area (Å²) in [5.74, 6) is -0.929. The minimum absolute atomic E-state index is 0.101. The predicted octanol–water partition coefficient (Wildman–Crippen LogP) is 2.78. The van der Waals surface area contributed by atoms with Crippen LogP contribution in [0.4, 0.5) is 0 Å². The Hall–Kier alpha value is -2.11. The molecule has 0 spiro atoms. The number of benzene rings is 2. The van der Waals surface area contributed by atoms with Crippen LogP contribution in [-0.2, 0) is 30.4 Å². The van der Waals surface area contributed by atoms with Crippen molar-refractivity contribution >= 4 is 22.9 Å². The molecule has 0 radical (unpaired) electrons. The lowest BCUT2D eigenvalue weighted by molar-refractivity contribution is 0.0696. The van der Waals surface area contributed by atoms with Crippen molar-refractivity contribution in [3.63, 3.8) is 0 Å². The number of carbonyl (C=O) groups is 2. The molecule has 0 bridgehead atoms. The smallest absolute Gasteiger partial charge is 0.335 e. The van der Waals surface area contributed by atoms with E-state index < -0.39 is 17.1 Å². The summed E-state index contributed by atoms with van der Waals surface area (Å²) in [7, 11) is 0. The zero-order chi connectivity index (χ0) is 16.1. The summed E-state index contributed by atoms with van der Waals surface area (Å²) in [4.78, 5) is 24.3. The van der Waals surface area contributed by atoms with E-state index in [0.717, 1.165) is 36.0 Å². The van der Waals surface area contributed by atoms with Gasteiger partial charge in [0.05, 0.1) is 5.56 Å². The van der Waals surface area contributed by atoms with Crippen molar-refractivity contribution in [2.75, 3.05) is 0 Å². The maximum absolute atomic E-state index is 13.0. The standard InChI is InChI=1S/C18H14O4S/c19-15-6-5-11-7-12-3-1-10-2-4-13(18(20)21)8-16(10)23(22)17(12)9-14(11)15/h2,4,7-9H,1,3,5-6H2,(H,20,21). The molecule has 1 heterocycles. The lowest BCUT2D eigenvalue weighted by Crippen LogP contribution is -2.08. The van der Waals surface area contributed by atoms with Gasteiger partial charge in [0.1, 0.15) is 0 Å². The highest BCUT2D eigenvalue weighted by Gasteiger charge is 2.31. The van der Waals surface area contributed by atoms with Crippen LogP contribution in [0.2, 0.25) is 0 Å². The van der Waals surface area contributed by atoms with Gasteiger partial charge in [-0.25, -0.2) is 4.79 Å². The Morgan fingerprint density at radius 1 is 0.957 bits per heavy atom. The van der Waals surface area contributed by atoms with E-state index in [1.54, 1.807) is 18.2 Å². The summed E-state index contributed by atoms with van der Waals surface area (Å²) in [6.07, 6.45) is 2.75. The number of aryl methyl sites for hydroxylation is 3. The average Bonchev–Trinajstić information content (AvgIpc) is 2.84. The number of Topliss-reactive ketones (excluding diaryl/α,β-unsaturated/α-hetero) is 1. The Morgan fingerprint density at radius 2 is 1.65 bits per heavy atom. The number of hydrogen-bond donors (Lipinski definition) is 1. The molecule has 2 aromatic carbocycles. The number of hydrogen-bond acceptors (Lipinski definition) is 3. The van der Waals surface area contributed by atoms with Gasteiger partial charge in [-0.05, 0) is 30.9 Å². The fourth-order valence-corrected chi connectivity index (χ4v) is 4.85. The SMILES string of the molecule is O=C(O)c1ccc2c(c1)[S+]([O-])c1cc3c(cc1CC2)CCC3=O. The van der Waals surface area contributed by atoms with Crippen molar-refractivity contribution < 1.29 is 19.2 Å². The van der Waals surface area contributed by atoms with Crippen LogP contribution >= 0.6 is 0 Å². The minimum atomic E-state index is -1.46. The van der Waals surface area contributed by atoms with Gasteiger partial charge in [-0.1, -0.05) is 12.1 Å². The van der Waals surface area contributed by atoms with Gasteiger partial charge in [0, 0.05) is 46.4 Å². The molecule has 4 rings (SSSR count). The number of aromatic carboxylic acids is 1. The van der Waals surface area contributed by atoms with Gasteiger partial charge in [0.15, 0.2) is 15.6 Å². The van der Waals surface area contributed by atoms with Gasteiger partial charge in [-0.3, -0.25) is 4.79 Å². The van der Waals surface area contributed by atoms with Gasteiger partial charge in [0.25, 0.3) is 0 Å². The molecular weight excluding hydrogens is 312 g/mol. The first-order valence-corrected chi connectivity index (χ1v) is 8.66. The number of rotatable bonds is 1. The molecule has 5 heteroatoms. The molecule has 23 heavy (non-hydrogen) atoms. The molecular formula is C18H14O4S. The van der Waals surface area contributed by atoms with Crippen LogP contribution < -0.4 is 0 Å². The van der Waals surface area contributed by atoms with Crippen molar-refractivity contribution in [3.05, 3.63) is 58.1 Å². The lowest BCUT2D eigenvalue weighted by atomic mass is 10.00. The second kappa shape index (κ2) is 5.22. The third kappa shape index (κ3) is 2.28. The predicted molar refractivity (Wildman–Crippen MR) is 84.6 cm³/mol. The number of fused-ring (bicyclic) bond motifs is 3. The van der Waals surface area contributed by atoms with Crippen LogP contribution in [0.25, 0.3) is 0 Å². The van der Waals surface area contributed by atoms with E-state index in [4.69, 9.17) is 5.11 Å². The third-order valence-corrected chi connectivity index (χ3v) is 6.14. The fourth-order valence-electron chi connectivity index (χ4n) is 3.35. The summed E-state index contributed by atoms with van der Waals surface area (Å²) in [6, 6.07) is 8.58. The molecule has 0 aromatic heterocycles. The van der Waals surface area contributed by atoms with Crippen molar-refractivity contribution in [3.8, 4) is 0 Å². The summed E-state index contributed by atoms with van der Waals surface area (Å²) in [6.45, 7) is 0. The van der Waals surface area contributed by atoms with Crippen LogP contribution in [0, 0.1) is 0 Å². The highest BCUT2D eigenvalue weighted by molar-refractivity contribution is 7.91. The Balaban J connectivity index is 1.87. The van der Waals surface area contributed by atoms with Crippen LogP contribution in [0.15, 0.2) is 40.1 Å². The van der Waals surface area contributed by atoms with E-state index in [2.05, 4.69) is 0 Å². The monoisotopic (exact) mass is 326 g/mol. The molecule has 0 fully saturated rings. The second-order valence-corrected chi connectivity index (χ2v) is 7.35. The normalized spacial score (nSPS) is 18.8. The fraction of sp³-hybridized carbons (Fsp3) is 0.222. The zero-order valence-corrected chi connectivity index (χ0v) is 13.1. The zero-order valence-electron chi connectivity index (χ0n) is 12.3. The van der Waals surface area contributed by atoms with Crippen LogP contribution in [0.3, 0.4) is 0 Å². The van der Waals surface area contributed by atoms with Gasteiger partial charge < -0.3 is 9.66 Å². The Bertz CT molecular complexity index is 856. The topological polar surface area (TPSA) is 77.4 Å². The first-order chi connectivity index (χ1) is 11.0. The molecule has 2 aromatic rings. The minimum Gasteiger partial charge on any atom is -0.606 e. The molecule has 1 aliphatic heterocycles. The van der Waals surface area contributed by atoms with Crippen LogP contribution in [0.5, 0.6) is 0 Å². The third-order valence-electron chi connectivity index (χ3n) is 4.59. The lowest BCUT2D eigenvalue weighted by Gasteiger charge is -2.14. The summed E-state index contributed by atoms with van der Waals surface area (Å²) in [5.41, 5.74) is 3.77. The number of ketones is 1. The molecule has 0 saturated carbocycles. The van der Waals surface area contributed by atoms with Crippen molar-refractivity contribution in [2.45, 2.75) is 35.5 Å². The van der Waals surface area contributed by atoms with Gasteiger partial charge in [-0.2, -0.15) is 0 Å². The van der Waals surface area contributed by atoms with E-state index in [1.165, 1.54) is 6.07 Å². The quantitative estimate of drug-likeness (QED) is 0.818. The summed E-state index contributed by atoms with van der Waals surface area (Å²) < 4.78 is 13.0. The molecule has 116 valence electrons. The number of carbonyl (C=O) groups excluding carboxylic acids is 1. The van der Waals surface area contributed by atoms with Gasteiger partial charge in [0.2, 0.25) is 0 Å². The van der Waals surface area contributed by atoms with E-state index >= 15 is 0 Å². The summed E-state index contributed by atoms with van der Waals surface area (Å²) >= 11 is -1.46. The Labute approximate surface area is 136 Å². The van der Waals surface area contributed by atoms with Crippen LogP contribution in [0.1, 0.15) is 43.8 Å². The number of carboxylic acid groups (broad SMARTS) is 1. The molecule has 1 unspecified atom stereocenters. The molecule has 1 atom stereocenters. The Kier molecular flexibility index (Phi) is 3.28. The molecule has 1 N–H and O–H groups in total. The van der Waals surface area contributed by atoms with Gasteiger partial charge >= 0.3 is 5.97 Å². The van der Waals surface area contributed by atoms with E-state index in [-0.39, 0.29) is 11.3 Å². The molecule has 1 aliphatic carbocycles. The van der Waals surface area contributed by atoms with E-state index in [0.29, 0.717) is 21.8 Å². The van der Waals surface area contributed by atoms with Crippen molar-refractivity contribution in [1.29, 1.82) is 0 Å². The molecule has 2 aliphatic rings. The van der Waals surface area contributed by atoms with Gasteiger partial charge in [-0.15, -0.1) is 0 Å². The van der Waals surface area contributed by atoms with Crippen molar-refractivity contribution in [2.24, 2.45) is 0 Å². The second-order valence-electron chi connectivity index (χ2n) is 5.94. The van der Waals surface area contributed by atoms with E-state index in [1.807, 2.05) is 6.07 Å². The molecule has 0 amide bonds. The highest BCUT2D eigenvalue weighted by atomic mass is 32.2. The van der Waals surface area contributed by atoms with Crippen LogP contribution in [-0.4, -0.2) is 21.4 Å². The highest BCUT2D eigenvalue weighted by Crippen LogP contribution is 2.36. The largest absolute Gasteiger partial charge is 0.606 e. The maximum Gasteiger partial charge on any atom is 0.335 e.